The molecule has 6 nitrogen and oxygen atoms in total. The molecule has 7 heteroatoms. The van der Waals surface area contributed by atoms with Crippen LogP contribution in [-0.4, -0.2) is 44.9 Å². The van der Waals surface area contributed by atoms with E-state index in [1.54, 1.807) is 18.5 Å². The van der Waals surface area contributed by atoms with E-state index in [1.807, 2.05) is 30.3 Å². The van der Waals surface area contributed by atoms with Crippen molar-refractivity contribution in [1.82, 2.24) is 15.2 Å². The van der Waals surface area contributed by atoms with Gasteiger partial charge < -0.3 is 14.6 Å². The number of nitrogens with one attached hydrogen (secondary N) is 1. The van der Waals surface area contributed by atoms with Crippen LogP contribution in [0.3, 0.4) is 0 Å². The van der Waals surface area contributed by atoms with Gasteiger partial charge in [-0.2, -0.15) is 0 Å². The van der Waals surface area contributed by atoms with Crippen LogP contribution in [0.15, 0.2) is 58.1 Å². The predicted octanol–water partition coefficient (Wildman–Crippen LogP) is 3.74. The number of likely N-dealkylation sites (tertiary alicyclic amines) is 1. The third kappa shape index (κ3) is 4.79. The molecule has 0 aliphatic carbocycles. The maximum absolute atomic E-state index is 12.9. The molecule has 0 radical (unpaired) electrons. The van der Waals surface area contributed by atoms with E-state index >= 15 is 0 Å². The van der Waals surface area contributed by atoms with Crippen LogP contribution in [0.1, 0.15) is 42.3 Å². The molecule has 1 unspecified atom stereocenters. The third-order valence-corrected chi connectivity index (χ3v) is 7.35. The fourth-order valence-electron chi connectivity index (χ4n) is 3.86. The molecule has 0 spiro atoms. The van der Waals surface area contributed by atoms with Crippen LogP contribution >= 0.6 is 0 Å². The van der Waals surface area contributed by atoms with Crippen molar-refractivity contribution in [3.05, 3.63) is 60.1 Å². The van der Waals surface area contributed by atoms with Crippen LogP contribution in [-0.2, 0) is 17.3 Å². The molecule has 1 aliphatic heterocycles. The highest BCUT2D eigenvalue weighted by Gasteiger charge is 2.24. The first-order valence-electron chi connectivity index (χ1n) is 10.5. The van der Waals surface area contributed by atoms with Crippen molar-refractivity contribution in [3.8, 4) is 0 Å². The first-order chi connectivity index (χ1) is 14.6. The van der Waals surface area contributed by atoms with Crippen molar-refractivity contribution in [3.63, 3.8) is 0 Å². The maximum Gasteiger partial charge on any atom is 0.287 e. The van der Waals surface area contributed by atoms with Gasteiger partial charge in [0.15, 0.2) is 11.3 Å². The molecule has 0 bridgehead atoms. The molecule has 1 aliphatic rings. The summed E-state index contributed by atoms with van der Waals surface area (Å²) in [6.07, 6.45) is 6.40. The Balaban J connectivity index is 1.31. The summed E-state index contributed by atoms with van der Waals surface area (Å²) in [5, 5.41) is 3.95. The second-order valence-electron chi connectivity index (χ2n) is 7.69. The van der Waals surface area contributed by atoms with Crippen LogP contribution in [0.25, 0.3) is 11.0 Å². The van der Waals surface area contributed by atoms with E-state index in [9.17, 15) is 9.00 Å². The van der Waals surface area contributed by atoms with Crippen LogP contribution in [0, 0.1) is 0 Å². The summed E-state index contributed by atoms with van der Waals surface area (Å²) in [7, 11) is -0.983. The lowest BCUT2D eigenvalue weighted by atomic mass is 10.1. The summed E-state index contributed by atoms with van der Waals surface area (Å²) in [5.41, 5.74) is 1.55. The number of carbonyl (C=O) groups is 1. The van der Waals surface area contributed by atoms with Crippen LogP contribution in [0.5, 0.6) is 0 Å². The van der Waals surface area contributed by atoms with E-state index in [0.29, 0.717) is 12.1 Å². The maximum atomic E-state index is 12.9. The van der Waals surface area contributed by atoms with Gasteiger partial charge in [-0.3, -0.25) is 14.0 Å². The summed E-state index contributed by atoms with van der Waals surface area (Å²) < 4.78 is 18.5. The first kappa shape index (κ1) is 20.8. The van der Waals surface area contributed by atoms with Gasteiger partial charge in [0.25, 0.3) is 5.91 Å². The fourth-order valence-corrected chi connectivity index (χ4v) is 5.29. The van der Waals surface area contributed by atoms with E-state index in [0.717, 1.165) is 48.3 Å². The normalized spacial score (nSPS) is 16.6. The van der Waals surface area contributed by atoms with Gasteiger partial charge in [-0.05, 0) is 68.7 Å². The molecule has 158 valence electrons. The van der Waals surface area contributed by atoms with E-state index in [4.69, 9.17) is 4.42 Å². The number of amides is 1. The molecule has 1 amide bonds. The quantitative estimate of drug-likeness (QED) is 0.624. The molecule has 30 heavy (non-hydrogen) atoms. The van der Waals surface area contributed by atoms with Crippen molar-refractivity contribution in [2.24, 2.45) is 0 Å². The minimum atomic E-state index is -0.983. The summed E-state index contributed by atoms with van der Waals surface area (Å²) in [6.45, 7) is 5.78. The van der Waals surface area contributed by atoms with Gasteiger partial charge in [0.05, 0.1) is 17.0 Å². The molecule has 1 aromatic carbocycles. The average Bonchev–Trinajstić information content (AvgIpc) is 3.23. The predicted molar refractivity (Wildman–Crippen MR) is 118 cm³/mol. The highest BCUT2D eigenvalue weighted by atomic mass is 32.2. The molecule has 0 saturated carbocycles. The van der Waals surface area contributed by atoms with Gasteiger partial charge in [-0.1, -0.05) is 19.1 Å². The Hall–Kier alpha value is -2.51. The van der Waals surface area contributed by atoms with E-state index in [2.05, 4.69) is 22.1 Å². The second-order valence-corrected chi connectivity index (χ2v) is 9.42. The number of hydrogen-bond acceptors (Lipinski definition) is 5. The summed E-state index contributed by atoms with van der Waals surface area (Å²) in [4.78, 5) is 19.7. The number of carbonyl (C=O) groups excluding carboxylic acids is 1. The molecule has 4 rings (SSSR count). The van der Waals surface area contributed by atoms with Crippen molar-refractivity contribution >= 4 is 27.7 Å². The standard InChI is InChI=1S/C23H27N3O3S/c1-2-11-26-12-8-20(9-13-26)30(28)19-5-3-17(4-6-19)15-25-23(27)21-14-18-7-10-24-16-22(18)29-21/h3-7,10,14,16,20H,2,8-9,11-13,15H2,1H3,(H,25,27). The molecule has 2 aromatic heterocycles. The first-order valence-corrected chi connectivity index (χ1v) is 11.7. The largest absolute Gasteiger partial charge is 0.449 e. The van der Waals surface area contributed by atoms with E-state index < -0.39 is 10.8 Å². The number of furan rings is 1. The highest BCUT2D eigenvalue weighted by molar-refractivity contribution is 7.85. The third-order valence-electron chi connectivity index (χ3n) is 5.53. The van der Waals surface area contributed by atoms with Gasteiger partial charge >= 0.3 is 0 Å². The Kier molecular flexibility index (Phi) is 6.59. The van der Waals surface area contributed by atoms with Crippen molar-refractivity contribution in [2.45, 2.75) is 42.9 Å². The topological polar surface area (TPSA) is 75.4 Å². The monoisotopic (exact) mass is 425 g/mol. The number of aromatic nitrogens is 1. The molecular weight excluding hydrogens is 398 g/mol. The van der Waals surface area contributed by atoms with E-state index in [-0.39, 0.29) is 16.9 Å². The zero-order valence-electron chi connectivity index (χ0n) is 17.2. The Labute approximate surface area is 179 Å². The molecule has 1 atom stereocenters. The minimum absolute atomic E-state index is 0.228. The summed E-state index contributed by atoms with van der Waals surface area (Å²) in [6, 6.07) is 11.2. The number of piperidine rings is 1. The highest BCUT2D eigenvalue weighted by Crippen LogP contribution is 2.22. The molecule has 1 N–H and O–H groups in total. The molecule has 1 fully saturated rings. The molecule has 3 heterocycles. The SMILES string of the molecule is CCCN1CCC(S(=O)c2ccc(CNC(=O)c3cc4ccncc4o3)cc2)CC1. The van der Waals surface area contributed by atoms with Crippen LogP contribution < -0.4 is 5.32 Å². The van der Waals surface area contributed by atoms with Gasteiger partial charge in [0.1, 0.15) is 0 Å². The number of nitrogens with zero attached hydrogens (tertiary/aromatic N) is 2. The summed E-state index contributed by atoms with van der Waals surface area (Å²) in [5.74, 6) is 0.00262. The average molecular weight is 426 g/mol. The lowest BCUT2D eigenvalue weighted by Crippen LogP contribution is -2.37. The zero-order chi connectivity index (χ0) is 20.9. The van der Waals surface area contributed by atoms with Crippen LogP contribution in [0.4, 0.5) is 0 Å². The molecule has 3 aromatic rings. The Morgan fingerprint density at radius 1 is 1.23 bits per heavy atom. The lowest BCUT2D eigenvalue weighted by Gasteiger charge is -2.31. The van der Waals surface area contributed by atoms with Gasteiger partial charge in [-0.25, -0.2) is 0 Å². The number of rotatable bonds is 7. The Morgan fingerprint density at radius 2 is 2.00 bits per heavy atom. The van der Waals surface area contributed by atoms with Gasteiger partial charge in [0.2, 0.25) is 0 Å². The fraction of sp³-hybridized carbons (Fsp3) is 0.391. The molecular formula is C23H27N3O3S. The van der Waals surface area contributed by atoms with Gasteiger partial charge in [0, 0.05) is 28.3 Å². The van der Waals surface area contributed by atoms with Crippen molar-refractivity contribution in [1.29, 1.82) is 0 Å². The summed E-state index contributed by atoms with van der Waals surface area (Å²) >= 11 is 0. The Morgan fingerprint density at radius 3 is 2.70 bits per heavy atom. The zero-order valence-corrected chi connectivity index (χ0v) is 18.0. The number of benzene rings is 1. The number of fused-ring (bicyclic) bond motifs is 1. The van der Waals surface area contributed by atoms with E-state index in [1.165, 1.54) is 6.42 Å². The Bertz CT molecular complexity index is 991. The number of hydrogen-bond donors (Lipinski definition) is 1. The van der Waals surface area contributed by atoms with Crippen LogP contribution in [0.2, 0.25) is 0 Å². The molecule has 1 saturated heterocycles. The van der Waals surface area contributed by atoms with Crippen molar-refractivity contribution in [2.75, 3.05) is 19.6 Å². The lowest BCUT2D eigenvalue weighted by molar-refractivity contribution is 0.0925. The number of pyridine rings is 1. The second kappa shape index (κ2) is 9.53. The van der Waals surface area contributed by atoms with Gasteiger partial charge in [-0.15, -0.1) is 0 Å². The minimum Gasteiger partial charge on any atom is -0.449 e. The smallest absolute Gasteiger partial charge is 0.287 e. The van der Waals surface area contributed by atoms with Crippen molar-refractivity contribution < 1.29 is 13.4 Å².